The van der Waals surface area contributed by atoms with Gasteiger partial charge < -0.3 is 10.5 Å². The number of morpholine rings is 1. The third-order valence-corrected chi connectivity index (χ3v) is 6.48. The van der Waals surface area contributed by atoms with Gasteiger partial charge in [-0.3, -0.25) is 10.1 Å². The van der Waals surface area contributed by atoms with E-state index in [9.17, 15) is 18.5 Å². The maximum absolute atomic E-state index is 12.5. The molecule has 1 saturated heterocycles. The molecule has 112 valence electrons. The summed E-state index contributed by atoms with van der Waals surface area (Å²) in [7, 11) is -3.77. The largest absolute Gasteiger partial charge is 0.385 e. The summed E-state index contributed by atoms with van der Waals surface area (Å²) in [5.41, 5.74) is 5.14. The zero-order valence-corrected chi connectivity index (χ0v) is 12.4. The molecular weight excluding hydrogens is 306 g/mol. The van der Waals surface area contributed by atoms with E-state index in [2.05, 4.69) is 0 Å². The standard InChI is InChI=1S/C10H15N3O5S2/c1-2-7-6-18-4-3-12(7)20(16,17)9-5-8(13(14)15)10(11)19-9/h5,7H,2-4,6,11H2,1H3. The average molecular weight is 321 g/mol. The highest BCUT2D eigenvalue weighted by Gasteiger charge is 2.35. The maximum atomic E-state index is 12.5. The molecule has 1 aromatic heterocycles. The van der Waals surface area contributed by atoms with Gasteiger partial charge in [-0.05, 0) is 6.42 Å². The van der Waals surface area contributed by atoms with Crippen molar-refractivity contribution in [2.24, 2.45) is 0 Å². The first-order valence-electron chi connectivity index (χ1n) is 6.01. The number of ether oxygens (including phenoxy) is 1. The van der Waals surface area contributed by atoms with Crippen LogP contribution in [0.2, 0.25) is 0 Å². The zero-order chi connectivity index (χ0) is 14.9. The van der Waals surface area contributed by atoms with Gasteiger partial charge in [-0.2, -0.15) is 4.31 Å². The van der Waals surface area contributed by atoms with E-state index in [1.54, 1.807) is 0 Å². The van der Waals surface area contributed by atoms with Gasteiger partial charge in [-0.25, -0.2) is 8.42 Å². The number of anilines is 1. The molecule has 0 spiro atoms. The number of nitrogen functional groups attached to an aromatic ring is 1. The number of nitrogens with zero attached hydrogens (tertiary/aromatic N) is 2. The fourth-order valence-electron chi connectivity index (χ4n) is 2.04. The van der Waals surface area contributed by atoms with E-state index < -0.39 is 14.9 Å². The highest BCUT2D eigenvalue weighted by molar-refractivity contribution is 7.91. The van der Waals surface area contributed by atoms with Gasteiger partial charge in [0.25, 0.3) is 10.0 Å². The van der Waals surface area contributed by atoms with Gasteiger partial charge in [0.1, 0.15) is 4.21 Å². The van der Waals surface area contributed by atoms with Crippen LogP contribution in [0.5, 0.6) is 0 Å². The second kappa shape index (κ2) is 5.64. The minimum atomic E-state index is -3.77. The lowest BCUT2D eigenvalue weighted by molar-refractivity contribution is -0.383. The van der Waals surface area contributed by atoms with E-state index in [0.717, 1.165) is 17.4 Å². The predicted octanol–water partition coefficient (Wildman–Crippen LogP) is 1.04. The van der Waals surface area contributed by atoms with E-state index in [-0.39, 0.29) is 27.5 Å². The topological polar surface area (TPSA) is 116 Å². The van der Waals surface area contributed by atoms with Gasteiger partial charge in [0.2, 0.25) is 0 Å². The monoisotopic (exact) mass is 321 g/mol. The van der Waals surface area contributed by atoms with Crippen LogP contribution < -0.4 is 5.73 Å². The molecule has 0 bridgehead atoms. The Morgan fingerprint density at radius 2 is 2.35 bits per heavy atom. The minimum absolute atomic E-state index is 0.0953. The smallest absolute Gasteiger partial charge is 0.304 e. The van der Waals surface area contributed by atoms with Crippen molar-refractivity contribution in [3.05, 3.63) is 16.2 Å². The normalized spacial score (nSPS) is 20.9. The van der Waals surface area contributed by atoms with Crippen molar-refractivity contribution in [1.29, 1.82) is 0 Å². The Hall–Kier alpha value is -1.23. The molecule has 1 aliphatic rings. The number of thiophene rings is 1. The molecule has 10 heteroatoms. The highest BCUT2D eigenvalue weighted by Crippen LogP contribution is 2.36. The Labute approximate surface area is 120 Å². The highest BCUT2D eigenvalue weighted by atomic mass is 32.2. The number of hydrogen-bond donors (Lipinski definition) is 1. The summed E-state index contributed by atoms with van der Waals surface area (Å²) in [5.74, 6) is 0. The molecule has 0 saturated carbocycles. The summed E-state index contributed by atoms with van der Waals surface area (Å²) in [5, 5.41) is 10.7. The van der Waals surface area contributed by atoms with Crippen LogP contribution in [-0.2, 0) is 14.8 Å². The number of hydrogen-bond acceptors (Lipinski definition) is 7. The second-order valence-electron chi connectivity index (χ2n) is 4.32. The third-order valence-electron chi connectivity index (χ3n) is 3.12. The van der Waals surface area contributed by atoms with Gasteiger partial charge in [0.05, 0.1) is 18.1 Å². The van der Waals surface area contributed by atoms with E-state index in [0.29, 0.717) is 19.6 Å². The Morgan fingerprint density at radius 3 is 2.90 bits per heavy atom. The molecule has 1 unspecified atom stereocenters. The number of rotatable bonds is 4. The molecule has 0 amide bonds. The maximum Gasteiger partial charge on any atom is 0.304 e. The van der Waals surface area contributed by atoms with Gasteiger partial charge in [0, 0.05) is 18.7 Å². The second-order valence-corrected chi connectivity index (χ2v) is 7.53. The van der Waals surface area contributed by atoms with E-state index in [4.69, 9.17) is 10.5 Å². The van der Waals surface area contributed by atoms with Crippen molar-refractivity contribution in [1.82, 2.24) is 4.31 Å². The molecule has 0 aromatic carbocycles. The first-order chi connectivity index (χ1) is 9.37. The molecular formula is C10H15N3O5S2. The molecule has 2 N–H and O–H groups in total. The van der Waals surface area contributed by atoms with Crippen molar-refractivity contribution in [3.8, 4) is 0 Å². The average Bonchev–Trinajstić information content (AvgIpc) is 2.81. The van der Waals surface area contributed by atoms with Crippen molar-refractivity contribution in [2.75, 3.05) is 25.5 Å². The molecule has 0 radical (unpaired) electrons. The van der Waals surface area contributed by atoms with Crippen LogP contribution >= 0.6 is 11.3 Å². The van der Waals surface area contributed by atoms with Gasteiger partial charge in [0.15, 0.2) is 5.00 Å². The lowest BCUT2D eigenvalue weighted by Crippen LogP contribution is -2.48. The van der Waals surface area contributed by atoms with E-state index in [1.807, 2.05) is 6.92 Å². The third kappa shape index (κ3) is 2.64. The van der Waals surface area contributed by atoms with Crippen molar-refractivity contribution in [2.45, 2.75) is 23.6 Å². The quantitative estimate of drug-likeness (QED) is 0.654. The van der Waals surface area contributed by atoms with E-state index >= 15 is 0 Å². The Bertz CT molecular complexity index is 612. The van der Waals surface area contributed by atoms with Crippen LogP contribution in [0.4, 0.5) is 10.7 Å². The molecule has 1 atom stereocenters. The van der Waals surface area contributed by atoms with Crippen LogP contribution in [0.1, 0.15) is 13.3 Å². The van der Waals surface area contributed by atoms with Gasteiger partial charge in [-0.15, -0.1) is 0 Å². The number of nitro groups is 1. The van der Waals surface area contributed by atoms with Crippen LogP contribution in [0.3, 0.4) is 0 Å². The van der Waals surface area contributed by atoms with Gasteiger partial charge >= 0.3 is 5.69 Å². The summed E-state index contributed by atoms with van der Waals surface area (Å²) < 4.78 is 31.6. The molecule has 2 heterocycles. The van der Waals surface area contributed by atoms with Gasteiger partial charge in [-0.1, -0.05) is 18.3 Å². The molecule has 2 rings (SSSR count). The van der Waals surface area contributed by atoms with Crippen molar-refractivity contribution >= 4 is 32.0 Å². The van der Waals surface area contributed by atoms with E-state index in [1.165, 1.54) is 4.31 Å². The summed E-state index contributed by atoms with van der Waals surface area (Å²) in [6.07, 6.45) is 0.613. The fraction of sp³-hybridized carbons (Fsp3) is 0.600. The summed E-state index contributed by atoms with van der Waals surface area (Å²) in [6, 6.07) is 0.772. The first kappa shape index (κ1) is 15.2. The lowest BCUT2D eigenvalue weighted by Gasteiger charge is -2.33. The molecule has 1 aliphatic heterocycles. The summed E-state index contributed by atoms with van der Waals surface area (Å²) in [6.45, 7) is 2.76. The first-order valence-corrected chi connectivity index (χ1v) is 8.27. The summed E-state index contributed by atoms with van der Waals surface area (Å²) >= 11 is 0.721. The molecule has 1 aromatic rings. The van der Waals surface area contributed by atoms with Crippen molar-refractivity contribution in [3.63, 3.8) is 0 Å². The summed E-state index contributed by atoms with van der Waals surface area (Å²) in [4.78, 5) is 10.1. The molecule has 20 heavy (non-hydrogen) atoms. The van der Waals surface area contributed by atoms with Crippen LogP contribution in [0, 0.1) is 10.1 Å². The van der Waals surface area contributed by atoms with Crippen LogP contribution in [-0.4, -0.2) is 43.4 Å². The molecule has 1 fully saturated rings. The fourth-order valence-corrected chi connectivity index (χ4v) is 5.05. The minimum Gasteiger partial charge on any atom is -0.385 e. The lowest BCUT2D eigenvalue weighted by atomic mass is 10.2. The van der Waals surface area contributed by atoms with Crippen LogP contribution in [0.25, 0.3) is 0 Å². The Balaban J connectivity index is 2.39. The number of nitrogens with two attached hydrogens (primary N) is 1. The molecule has 0 aliphatic carbocycles. The predicted molar refractivity (Wildman–Crippen MR) is 74.2 cm³/mol. The Kier molecular flexibility index (Phi) is 4.28. The Morgan fingerprint density at radius 1 is 1.65 bits per heavy atom. The molecule has 8 nitrogen and oxygen atoms in total. The SMILES string of the molecule is CCC1COCCN1S(=O)(=O)c1cc([N+](=O)[O-])c(N)s1. The zero-order valence-electron chi connectivity index (χ0n) is 10.8. The van der Waals surface area contributed by atoms with Crippen LogP contribution in [0.15, 0.2) is 10.3 Å². The number of sulfonamides is 1. The van der Waals surface area contributed by atoms with Crippen molar-refractivity contribution < 1.29 is 18.1 Å².